The zero-order chi connectivity index (χ0) is 15.5. The van der Waals surface area contributed by atoms with Gasteiger partial charge in [-0.15, -0.1) is 11.3 Å². The first-order valence-corrected chi connectivity index (χ1v) is 9.53. The van der Waals surface area contributed by atoms with Gasteiger partial charge in [-0.3, -0.25) is 0 Å². The summed E-state index contributed by atoms with van der Waals surface area (Å²) in [5.41, 5.74) is 0. The highest BCUT2D eigenvalue weighted by Gasteiger charge is 2.02. The smallest absolute Gasteiger partial charge is 0.127 e. The summed E-state index contributed by atoms with van der Waals surface area (Å²) in [6.45, 7) is 2.01. The SMILES string of the molecule is CNCCCCCCCCCCOc1cccc2sccc12. The van der Waals surface area contributed by atoms with Crippen LogP contribution in [0.1, 0.15) is 51.4 Å². The van der Waals surface area contributed by atoms with Crippen LogP contribution >= 0.6 is 11.3 Å². The van der Waals surface area contributed by atoms with Crippen LogP contribution in [-0.2, 0) is 0 Å². The van der Waals surface area contributed by atoms with Crippen LogP contribution in [-0.4, -0.2) is 20.2 Å². The standard InChI is InChI=1S/C19H29NOS/c1-20-14-8-6-4-2-3-5-7-9-15-21-18-11-10-12-19-17(18)13-16-22-19/h10-13,16,20H,2-9,14-15H2,1H3. The molecule has 0 amide bonds. The molecule has 22 heavy (non-hydrogen) atoms. The number of unbranched alkanes of at least 4 members (excludes halogenated alkanes) is 7. The predicted molar refractivity (Wildman–Crippen MR) is 98.2 cm³/mol. The second-order valence-electron chi connectivity index (χ2n) is 5.87. The summed E-state index contributed by atoms with van der Waals surface area (Å²) in [5, 5.41) is 6.59. The average molecular weight is 320 g/mol. The number of hydrogen-bond donors (Lipinski definition) is 1. The third-order valence-electron chi connectivity index (χ3n) is 4.03. The first kappa shape index (κ1) is 17.3. The molecular formula is C19H29NOS. The van der Waals surface area contributed by atoms with Crippen LogP contribution in [0, 0.1) is 0 Å². The summed E-state index contributed by atoms with van der Waals surface area (Å²) in [6.07, 6.45) is 10.6. The van der Waals surface area contributed by atoms with Crippen LogP contribution in [0.15, 0.2) is 29.6 Å². The Bertz CT molecular complexity index is 523. The predicted octanol–water partition coefficient (Wildman–Crippen LogP) is 5.62. The molecule has 0 bridgehead atoms. The number of fused-ring (bicyclic) bond motifs is 1. The summed E-state index contributed by atoms with van der Waals surface area (Å²) >= 11 is 1.78. The number of thiophene rings is 1. The summed E-state index contributed by atoms with van der Waals surface area (Å²) in [7, 11) is 2.03. The number of nitrogens with one attached hydrogen (secondary N) is 1. The first-order chi connectivity index (χ1) is 10.9. The molecular weight excluding hydrogens is 290 g/mol. The van der Waals surface area contributed by atoms with Crippen LogP contribution < -0.4 is 10.1 Å². The molecule has 2 nitrogen and oxygen atoms in total. The van der Waals surface area contributed by atoms with Crippen molar-refractivity contribution < 1.29 is 4.74 Å². The lowest BCUT2D eigenvalue weighted by atomic mass is 10.1. The van der Waals surface area contributed by atoms with Gasteiger partial charge in [-0.2, -0.15) is 0 Å². The largest absolute Gasteiger partial charge is 0.493 e. The molecule has 0 fully saturated rings. The van der Waals surface area contributed by atoms with Crippen molar-refractivity contribution in [2.24, 2.45) is 0 Å². The summed E-state index contributed by atoms with van der Waals surface area (Å²) in [4.78, 5) is 0. The fraction of sp³-hybridized carbons (Fsp3) is 0.579. The molecule has 0 spiro atoms. The van der Waals surface area contributed by atoms with Crippen molar-refractivity contribution in [1.29, 1.82) is 0 Å². The second kappa shape index (κ2) is 10.6. The first-order valence-electron chi connectivity index (χ1n) is 8.65. The number of benzene rings is 1. The van der Waals surface area contributed by atoms with E-state index in [2.05, 4.69) is 35.0 Å². The number of ether oxygens (including phenoxy) is 1. The van der Waals surface area contributed by atoms with E-state index in [1.165, 1.54) is 61.5 Å². The van der Waals surface area contributed by atoms with Gasteiger partial charge in [0.25, 0.3) is 0 Å². The summed E-state index contributed by atoms with van der Waals surface area (Å²) < 4.78 is 7.26. The van der Waals surface area contributed by atoms with Crippen molar-refractivity contribution in [2.45, 2.75) is 51.4 Å². The number of hydrogen-bond acceptors (Lipinski definition) is 3. The summed E-state index contributed by atoms with van der Waals surface area (Å²) in [6, 6.07) is 8.48. The van der Waals surface area contributed by atoms with Crippen molar-refractivity contribution in [3.63, 3.8) is 0 Å². The van der Waals surface area contributed by atoms with E-state index < -0.39 is 0 Å². The Labute approximate surface area is 138 Å². The van der Waals surface area contributed by atoms with Gasteiger partial charge in [0, 0.05) is 10.1 Å². The Morgan fingerprint density at radius 1 is 0.909 bits per heavy atom. The third-order valence-corrected chi connectivity index (χ3v) is 4.92. The molecule has 0 aliphatic carbocycles. The fourth-order valence-electron chi connectivity index (χ4n) is 2.74. The molecule has 0 unspecified atom stereocenters. The van der Waals surface area contributed by atoms with E-state index in [0.717, 1.165) is 18.9 Å². The maximum atomic E-state index is 5.95. The highest BCUT2D eigenvalue weighted by atomic mass is 32.1. The van der Waals surface area contributed by atoms with E-state index in [1.54, 1.807) is 11.3 Å². The Kier molecular flexibility index (Phi) is 8.36. The van der Waals surface area contributed by atoms with Crippen LogP contribution in [0.4, 0.5) is 0 Å². The van der Waals surface area contributed by atoms with Gasteiger partial charge in [-0.1, -0.05) is 44.6 Å². The maximum Gasteiger partial charge on any atom is 0.127 e. The molecule has 3 heteroatoms. The van der Waals surface area contributed by atoms with Crippen molar-refractivity contribution in [1.82, 2.24) is 5.32 Å². The molecule has 0 saturated carbocycles. The summed E-state index contributed by atoms with van der Waals surface area (Å²) in [5.74, 6) is 1.04. The van der Waals surface area contributed by atoms with Gasteiger partial charge in [0.15, 0.2) is 0 Å². The minimum Gasteiger partial charge on any atom is -0.493 e. The molecule has 1 heterocycles. The normalized spacial score (nSPS) is 11.1. The molecule has 0 saturated heterocycles. The Balaban J connectivity index is 1.49. The zero-order valence-electron chi connectivity index (χ0n) is 13.8. The van der Waals surface area contributed by atoms with Crippen LogP contribution in [0.5, 0.6) is 5.75 Å². The Hall–Kier alpha value is -1.06. The Morgan fingerprint density at radius 2 is 1.64 bits per heavy atom. The lowest BCUT2D eigenvalue weighted by Crippen LogP contribution is -2.06. The van der Waals surface area contributed by atoms with Gasteiger partial charge in [-0.25, -0.2) is 0 Å². The molecule has 1 N–H and O–H groups in total. The average Bonchev–Trinajstić information content (AvgIpc) is 3.02. The van der Waals surface area contributed by atoms with E-state index in [9.17, 15) is 0 Å². The van der Waals surface area contributed by atoms with Crippen molar-refractivity contribution in [3.8, 4) is 5.75 Å². The maximum absolute atomic E-state index is 5.95. The molecule has 122 valence electrons. The highest BCUT2D eigenvalue weighted by molar-refractivity contribution is 7.17. The fourth-order valence-corrected chi connectivity index (χ4v) is 3.54. The van der Waals surface area contributed by atoms with E-state index in [-0.39, 0.29) is 0 Å². The quantitative estimate of drug-likeness (QED) is 0.513. The van der Waals surface area contributed by atoms with Crippen molar-refractivity contribution >= 4 is 21.4 Å². The minimum atomic E-state index is 0.844. The van der Waals surface area contributed by atoms with E-state index in [0.29, 0.717) is 0 Å². The van der Waals surface area contributed by atoms with E-state index >= 15 is 0 Å². The third kappa shape index (κ3) is 5.98. The minimum absolute atomic E-state index is 0.844. The lowest BCUT2D eigenvalue weighted by molar-refractivity contribution is 0.307. The molecule has 2 aromatic rings. The molecule has 0 atom stereocenters. The molecule has 1 aromatic heterocycles. The number of rotatable bonds is 12. The van der Waals surface area contributed by atoms with Gasteiger partial charge >= 0.3 is 0 Å². The molecule has 0 aliphatic heterocycles. The van der Waals surface area contributed by atoms with Gasteiger partial charge in [0.2, 0.25) is 0 Å². The van der Waals surface area contributed by atoms with Crippen molar-refractivity contribution in [2.75, 3.05) is 20.2 Å². The molecule has 0 radical (unpaired) electrons. The highest BCUT2D eigenvalue weighted by Crippen LogP contribution is 2.29. The van der Waals surface area contributed by atoms with Gasteiger partial charge in [0.1, 0.15) is 5.75 Å². The van der Waals surface area contributed by atoms with E-state index in [1.807, 2.05) is 7.05 Å². The van der Waals surface area contributed by atoms with Gasteiger partial charge < -0.3 is 10.1 Å². The zero-order valence-corrected chi connectivity index (χ0v) is 14.6. The van der Waals surface area contributed by atoms with Gasteiger partial charge in [0.05, 0.1) is 6.61 Å². The molecule has 2 rings (SSSR count). The monoisotopic (exact) mass is 319 g/mol. The topological polar surface area (TPSA) is 21.3 Å². The van der Waals surface area contributed by atoms with Crippen LogP contribution in [0.25, 0.3) is 10.1 Å². The van der Waals surface area contributed by atoms with E-state index in [4.69, 9.17) is 4.74 Å². The lowest BCUT2D eigenvalue weighted by Gasteiger charge is -2.07. The van der Waals surface area contributed by atoms with Gasteiger partial charge in [-0.05, 0) is 50.0 Å². The van der Waals surface area contributed by atoms with Crippen LogP contribution in [0.2, 0.25) is 0 Å². The van der Waals surface area contributed by atoms with Crippen LogP contribution in [0.3, 0.4) is 0 Å². The van der Waals surface area contributed by atoms with Crippen molar-refractivity contribution in [3.05, 3.63) is 29.6 Å². The second-order valence-corrected chi connectivity index (χ2v) is 6.82. The Morgan fingerprint density at radius 3 is 2.41 bits per heavy atom. The molecule has 0 aliphatic rings. The molecule has 1 aromatic carbocycles.